The van der Waals surface area contributed by atoms with Crippen LogP contribution in [0.15, 0.2) is 73.3 Å². The number of pyridine rings is 1. The predicted octanol–water partition coefficient (Wildman–Crippen LogP) is 3.27. The van der Waals surface area contributed by atoms with Crippen LogP contribution < -0.4 is 4.90 Å². The number of anilines is 1. The van der Waals surface area contributed by atoms with Gasteiger partial charge in [0.05, 0.1) is 25.3 Å². The number of phenolic OH excluding ortho intramolecular Hbond substituents is 1. The molecule has 3 atom stereocenters. The van der Waals surface area contributed by atoms with Crippen LogP contribution in [-0.2, 0) is 33.8 Å². The molecule has 1 N–H and O–H groups in total. The molecule has 2 aromatic carbocycles. The third-order valence-electron chi connectivity index (χ3n) is 11.5. The minimum Gasteiger partial charge on any atom is -0.508 e. The molecule has 0 bridgehead atoms. The molecule has 4 aliphatic rings. The lowest BCUT2D eigenvalue weighted by molar-refractivity contribution is -0.205. The van der Waals surface area contributed by atoms with Gasteiger partial charge in [-0.3, -0.25) is 24.2 Å². The van der Waals surface area contributed by atoms with E-state index in [4.69, 9.17) is 4.98 Å². The summed E-state index contributed by atoms with van der Waals surface area (Å²) in [6, 6.07) is 16.5. The number of hydrogen-bond acceptors (Lipinski definition) is 9. The van der Waals surface area contributed by atoms with Crippen molar-refractivity contribution in [1.82, 2.24) is 34.6 Å². The van der Waals surface area contributed by atoms with Crippen molar-refractivity contribution in [2.45, 2.75) is 63.9 Å². The van der Waals surface area contributed by atoms with Gasteiger partial charge in [-0.15, -0.1) is 6.58 Å². The SMILES string of the molecule is C=CCN1CC(=O)N2C(CN(Cc3cccc(N4CC(N5CCN(CC)[C@H](C)C5)C4)n3)C(=O)[C@@H]2Cc2c(F)cc(O)cc2F)N1C(=O)CCc1ccccc1. The maximum absolute atomic E-state index is 15.2. The fraction of sp³-hybridized carbons (Fsp3) is 0.463. The maximum Gasteiger partial charge on any atom is 0.246 e. The van der Waals surface area contributed by atoms with Gasteiger partial charge in [0.1, 0.15) is 35.4 Å². The van der Waals surface area contributed by atoms with Gasteiger partial charge in [0, 0.05) is 81.9 Å². The second-order valence-corrected chi connectivity index (χ2v) is 15.0. The zero-order valence-corrected chi connectivity index (χ0v) is 31.6. The standard InChI is InChI=1S/C41H50F2N8O4/c1-4-16-49-27-40(54)50-36(21-33-34(42)19-32(52)20-35(33)43)41(55)48(26-38(50)51(49)39(53)15-14-29-10-7-6-8-11-29)23-30-12-9-13-37(44-30)47-24-31(25-47)46-18-17-45(5-2)28(3)22-46/h4,6-13,19-20,28,31,36,38,52H,1,5,14-18,21-27H2,2-3H3/t28-,36+,38?/m1/s1. The molecule has 1 unspecified atom stereocenters. The number of aromatic nitrogens is 1. The molecular formula is C41H50F2N8O4. The molecule has 12 nitrogen and oxygen atoms in total. The third-order valence-corrected chi connectivity index (χ3v) is 11.5. The van der Waals surface area contributed by atoms with Crippen LogP contribution in [0.3, 0.4) is 0 Å². The molecule has 14 heteroatoms. The quantitative estimate of drug-likeness (QED) is 0.279. The zero-order chi connectivity index (χ0) is 38.8. The van der Waals surface area contributed by atoms with Crippen molar-refractivity contribution >= 4 is 23.5 Å². The lowest BCUT2D eigenvalue weighted by Gasteiger charge is -2.55. The van der Waals surface area contributed by atoms with Gasteiger partial charge < -0.3 is 19.8 Å². The number of carbonyl (C=O) groups is 3. The summed E-state index contributed by atoms with van der Waals surface area (Å²) in [7, 11) is 0. The van der Waals surface area contributed by atoms with Crippen molar-refractivity contribution in [3.63, 3.8) is 0 Å². The molecule has 3 aromatic rings. The van der Waals surface area contributed by atoms with E-state index in [2.05, 4.69) is 35.1 Å². The van der Waals surface area contributed by atoms with Crippen molar-refractivity contribution in [2.24, 2.45) is 0 Å². The molecule has 4 fully saturated rings. The van der Waals surface area contributed by atoms with Crippen molar-refractivity contribution in [2.75, 3.05) is 63.8 Å². The summed E-state index contributed by atoms with van der Waals surface area (Å²) in [6.07, 6.45) is 0.745. The number of fused-ring (bicyclic) bond motifs is 1. The minimum atomic E-state index is -1.33. The van der Waals surface area contributed by atoms with Crippen molar-refractivity contribution in [1.29, 1.82) is 0 Å². The summed E-state index contributed by atoms with van der Waals surface area (Å²) in [5.41, 5.74) is 1.15. The Morgan fingerprint density at radius 2 is 1.75 bits per heavy atom. The number of aryl methyl sites for hydroxylation is 1. The van der Waals surface area contributed by atoms with Crippen LogP contribution in [0.25, 0.3) is 0 Å². The lowest BCUT2D eigenvalue weighted by atomic mass is 9.97. The number of aromatic hydroxyl groups is 1. The van der Waals surface area contributed by atoms with Gasteiger partial charge in [-0.05, 0) is 37.6 Å². The van der Waals surface area contributed by atoms with Gasteiger partial charge in [-0.2, -0.15) is 0 Å². The highest BCUT2D eigenvalue weighted by Crippen LogP contribution is 2.32. The Labute approximate surface area is 321 Å². The number of carbonyl (C=O) groups excluding carboxylic acids is 3. The Morgan fingerprint density at radius 1 is 1.00 bits per heavy atom. The van der Waals surface area contributed by atoms with E-state index in [1.807, 2.05) is 48.5 Å². The minimum absolute atomic E-state index is 0.0358. The normalized spacial score (nSPS) is 22.9. The van der Waals surface area contributed by atoms with Crippen LogP contribution in [0, 0.1) is 11.6 Å². The van der Waals surface area contributed by atoms with Gasteiger partial charge in [0.15, 0.2) is 0 Å². The van der Waals surface area contributed by atoms with Crippen LogP contribution in [-0.4, -0.2) is 141 Å². The van der Waals surface area contributed by atoms with E-state index in [1.54, 1.807) is 11.1 Å². The monoisotopic (exact) mass is 756 g/mol. The van der Waals surface area contributed by atoms with Crippen molar-refractivity contribution in [3.05, 3.63) is 102 Å². The molecular weight excluding hydrogens is 706 g/mol. The first-order chi connectivity index (χ1) is 26.5. The number of piperazine rings is 2. The topological polar surface area (TPSA) is 107 Å². The van der Waals surface area contributed by atoms with E-state index in [0.717, 1.165) is 62.8 Å². The second-order valence-electron chi connectivity index (χ2n) is 15.0. The summed E-state index contributed by atoms with van der Waals surface area (Å²) >= 11 is 0. The van der Waals surface area contributed by atoms with Crippen molar-refractivity contribution in [3.8, 4) is 5.75 Å². The number of likely N-dealkylation sites (N-methyl/N-ethyl adjacent to an activating group) is 1. The fourth-order valence-electron chi connectivity index (χ4n) is 8.52. The number of amides is 3. The molecule has 1 aromatic heterocycles. The van der Waals surface area contributed by atoms with E-state index in [1.165, 1.54) is 14.8 Å². The van der Waals surface area contributed by atoms with Gasteiger partial charge in [-0.25, -0.2) is 23.8 Å². The lowest BCUT2D eigenvalue weighted by Crippen LogP contribution is -2.76. The zero-order valence-electron chi connectivity index (χ0n) is 31.6. The van der Waals surface area contributed by atoms with E-state index in [-0.39, 0.29) is 38.5 Å². The number of hydrazine groups is 1. The smallest absolute Gasteiger partial charge is 0.246 e. The Kier molecular flexibility index (Phi) is 11.5. The van der Waals surface area contributed by atoms with E-state index >= 15 is 8.78 Å². The predicted molar refractivity (Wildman–Crippen MR) is 203 cm³/mol. The van der Waals surface area contributed by atoms with Crippen LogP contribution in [0.1, 0.15) is 37.1 Å². The first kappa shape index (κ1) is 38.4. The van der Waals surface area contributed by atoms with Crippen LogP contribution in [0.2, 0.25) is 0 Å². The second kappa shape index (κ2) is 16.4. The summed E-state index contributed by atoms with van der Waals surface area (Å²) < 4.78 is 30.4. The van der Waals surface area contributed by atoms with E-state index < -0.39 is 53.4 Å². The molecule has 4 saturated heterocycles. The summed E-state index contributed by atoms with van der Waals surface area (Å²) in [5.74, 6) is -3.08. The number of rotatable bonds is 12. The van der Waals surface area contributed by atoms with Gasteiger partial charge in [-0.1, -0.05) is 49.4 Å². The number of nitrogens with zero attached hydrogens (tertiary/aromatic N) is 8. The Bertz CT molecular complexity index is 1870. The number of benzene rings is 2. The molecule has 3 amide bonds. The molecule has 55 heavy (non-hydrogen) atoms. The van der Waals surface area contributed by atoms with E-state index in [0.29, 0.717) is 24.2 Å². The fourth-order valence-corrected chi connectivity index (χ4v) is 8.52. The summed E-state index contributed by atoms with van der Waals surface area (Å²) in [4.78, 5) is 57.6. The highest BCUT2D eigenvalue weighted by Gasteiger charge is 2.51. The molecule has 0 radical (unpaired) electrons. The highest BCUT2D eigenvalue weighted by molar-refractivity contribution is 5.92. The van der Waals surface area contributed by atoms with Gasteiger partial charge in [0.2, 0.25) is 17.7 Å². The van der Waals surface area contributed by atoms with Crippen LogP contribution >= 0.6 is 0 Å². The van der Waals surface area contributed by atoms with Gasteiger partial charge >= 0.3 is 0 Å². The molecule has 0 spiro atoms. The first-order valence-electron chi connectivity index (χ1n) is 19.2. The van der Waals surface area contributed by atoms with Crippen LogP contribution in [0.5, 0.6) is 5.75 Å². The molecule has 7 rings (SSSR count). The summed E-state index contributed by atoms with van der Waals surface area (Å²) in [5, 5.41) is 13.0. The molecule has 0 saturated carbocycles. The number of hydrogen-bond donors (Lipinski definition) is 1. The molecule has 292 valence electrons. The Morgan fingerprint density at radius 3 is 2.44 bits per heavy atom. The molecule has 0 aliphatic carbocycles. The van der Waals surface area contributed by atoms with Gasteiger partial charge in [0.25, 0.3) is 0 Å². The Hall–Kier alpha value is -4.92. The summed E-state index contributed by atoms with van der Waals surface area (Å²) in [6.45, 7) is 14.2. The average molecular weight is 757 g/mol. The largest absolute Gasteiger partial charge is 0.508 e. The molecule has 4 aliphatic heterocycles. The Balaban J connectivity index is 1.15. The average Bonchev–Trinajstić information content (AvgIpc) is 3.13. The van der Waals surface area contributed by atoms with Crippen LogP contribution in [0.4, 0.5) is 14.6 Å². The number of halogens is 2. The number of phenols is 1. The highest BCUT2D eigenvalue weighted by atomic mass is 19.1. The molecule has 5 heterocycles. The first-order valence-corrected chi connectivity index (χ1v) is 19.2. The van der Waals surface area contributed by atoms with E-state index in [9.17, 15) is 19.5 Å². The third kappa shape index (κ3) is 8.07. The maximum atomic E-state index is 15.2. The van der Waals surface area contributed by atoms with Crippen molar-refractivity contribution < 1.29 is 28.3 Å².